The fourth-order valence-electron chi connectivity index (χ4n) is 2.47. The van der Waals surface area contributed by atoms with Crippen LogP contribution in [0.5, 0.6) is 0 Å². The molecule has 0 aromatic carbocycles. The number of piperidine rings is 1. The number of likely N-dealkylation sites (tertiary alicyclic amines) is 1. The molecule has 100 valence electrons. The summed E-state index contributed by atoms with van der Waals surface area (Å²) in [4.78, 5) is 6.82. The molecule has 0 radical (unpaired) electrons. The van der Waals surface area contributed by atoms with Gasteiger partial charge in [-0.2, -0.15) is 0 Å². The lowest BCUT2D eigenvalue weighted by Gasteiger charge is -2.44. The number of rotatable bonds is 1. The van der Waals surface area contributed by atoms with Crippen LogP contribution in [0.1, 0.15) is 39.3 Å². The van der Waals surface area contributed by atoms with Gasteiger partial charge in [0, 0.05) is 18.6 Å². The number of aliphatic hydroxyl groups is 1. The monoisotopic (exact) mass is 312 g/mol. The van der Waals surface area contributed by atoms with Crippen molar-refractivity contribution in [2.75, 3.05) is 13.1 Å². The van der Waals surface area contributed by atoms with Crippen LogP contribution >= 0.6 is 15.9 Å². The van der Waals surface area contributed by atoms with Gasteiger partial charge in [0.1, 0.15) is 10.2 Å². The molecule has 0 spiro atoms. The van der Waals surface area contributed by atoms with Crippen LogP contribution in [-0.4, -0.2) is 33.6 Å². The molecule has 0 bridgehead atoms. The fourth-order valence-corrected chi connectivity index (χ4v) is 2.81. The van der Waals surface area contributed by atoms with E-state index in [1.807, 2.05) is 18.2 Å². The van der Waals surface area contributed by atoms with Gasteiger partial charge < -0.3 is 5.11 Å². The number of pyridine rings is 1. The van der Waals surface area contributed by atoms with Crippen LogP contribution in [0.2, 0.25) is 0 Å². The van der Waals surface area contributed by atoms with E-state index in [9.17, 15) is 5.11 Å². The average Bonchev–Trinajstić information content (AvgIpc) is 2.28. The van der Waals surface area contributed by atoms with Crippen LogP contribution in [-0.2, 0) is 5.60 Å². The molecule has 3 nitrogen and oxygen atoms in total. The Morgan fingerprint density at radius 2 is 1.89 bits per heavy atom. The fraction of sp³-hybridized carbons (Fsp3) is 0.643. The van der Waals surface area contributed by atoms with Gasteiger partial charge in [-0.3, -0.25) is 4.90 Å². The van der Waals surface area contributed by atoms with E-state index in [1.54, 1.807) is 0 Å². The number of aromatic nitrogens is 1. The molecule has 4 heteroatoms. The Hall–Kier alpha value is -0.450. The van der Waals surface area contributed by atoms with Crippen molar-refractivity contribution in [1.82, 2.24) is 9.88 Å². The first-order valence-corrected chi connectivity index (χ1v) is 7.21. The minimum Gasteiger partial charge on any atom is -0.383 e. The Balaban J connectivity index is 2.12. The van der Waals surface area contributed by atoms with Crippen LogP contribution in [0.4, 0.5) is 0 Å². The zero-order valence-corrected chi connectivity index (χ0v) is 12.9. The van der Waals surface area contributed by atoms with Gasteiger partial charge in [0.25, 0.3) is 0 Å². The summed E-state index contributed by atoms with van der Waals surface area (Å²) in [5, 5.41) is 10.7. The van der Waals surface area contributed by atoms with Crippen molar-refractivity contribution in [1.29, 1.82) is 0 Å². The van der Waals surface area contributed by atoms with Crippen LogP contribution in [0.3, 0.4) is 0 Å². The van der Waals surface area contributed by atoms with Crippen molar-refractivity contribution in [3.63, 3.8) is 0 Å². The molecule has 2 heterocycles. The quantitative estimate of drug-likeness (QED) is 0.810. The van der Waals surface area contributed by atoms with Crippen molar-refractivity contribution in [3.8, 4) is 0 Å². The largest absolute Gasteiger partial charge is 0.383 e. The summed E-state index contributed by atoms with van der Waals surface area (Å²) in [5.41, 5.74) is 0.183. The molecule has 1 aliphatic heterocycles. The molecule has 18 heavy (non-hydrogen) atoms. The van der Waals surface area contributed by atoms with Gasteiger partial charge in [0.2, 0.25) is 0 Å². The highest BCUT2D eigenvalue weighted by Crippen LogP contribution is 2.34. The van der Waals surface area contributed by atoms with Gasteiger partial charge in [0.15, 0.2) is 0 Å². The SMILES string of the molecule is CC(C)(C)N1CCC(O)(c2cccc(Br)n2)CC1. The summed E-state index contributed by atoms with van der Waals surface area (Å²) in [6, 6.07) is 5.73. The maximum Gasteiger partial charge on any atom is 0.109 e. The molecule has 0 amide bonds. The molecule has 1 fully saturated rings. The summed E-state index contributed by atoms with van der Waals surface area (Å²) in [6.45, 7) is 8.47. The highest BCUT2D eigenvalue weighted by Gasteiger charge is 2.37. The second-order valence-electron chi connectivity index (χ2n) is 6.04. The molecular weight excluding hydrogens is 292 g/mol. The smallest absolute Gasteiger partial charge is 0.109 e. The predicted molar refractivity (Wildman–Crippen MR) is 76.4 cm³/mol. The first kappa shape index (κ1) is 14.0. The summed E-state index contributed by atoms with van der Waals surface area (Å²) < 4.78 is 0.784. The first-order chi connectivity index (χ1) is 8.31. The zero-order valence-electron chi connectivity index (χ0n) is 11.3. The lowest BCUT2D eigenvalue weighted by atomic mass is 9.86. The highest BCUT2D eigenvalue weighted by molar-refractivity contribution is 9.10. The van der Waals surface area contributed by atoms with E-state index in [0.717, 1.165) is 36.2 Å². The van der Waals surface area contributed by atoms with E-state index >= 15 is 0 Å². The predicted octanol–water partition coefficient (Wildman–Crippen LogP) is 2.93. The van der Waals surface area contributed by atoms with Crippen molar-refractivity contribution in [2.24, 2.45) is 0 Å². The Bertz CT molecular complexity index is 420. The molecule has 0 atom stereocenters. The Morgan fingerprint density at radius 1 is 1.28 bits per heavy atom. The van der Waals surface area contributed by atoms with Crippen LogP contribution in [0.15, 0.2) is 22.8 Å². The van der Waals surface area contributed by atoms with Crippen LogP contribution < -0.4 is 0 Å². The lowest BCUT2D eigenvalue weighted by molar-refractivity contribution is -0.0490. The molecule has 1 N–H and O–H groups in total. The van der Waals surface area contributed by atoms with Gasteiger partial charge in [-0.15, -0.1) is 0 Å². The number of halogens is 1. The normalized spacial score (nSPS) is 20.9. The standard InChI is InChI=1S/C14H21BrN2O/c1-13(2,3)17-9-7-14(18,8-10-17)11-5-4-6-12(15)16-11/h4-6,18H,7-10H2,1-3H3. The third-order valence-electron chi connectivity index (χ3n) is 3.73. The Kier molecular flexibility index (Phi) is 3.81. The molecule has 0 unspecified atom stereocenters. The van der Waals surface area contributed by atoms with E-state index < -0.39 is 5.60 Å². The summed E-state index contributed by atoms with van der Waals surface area (Å²) >= 11 is 3.36. The van der Waals surface area contributed by atoms with Gasteiger partial charge in [-0.05, 0) is 61.7 Å². The Morgan fingerprint density at radius 3 is 2.39 bits per heavy atom. The third-order valence-corrected chi connectivity index (χ3v) is 4.17. The average molecular weight is 313 g/mol. The molecule has 0 aliphatic carbocycles. The number of hydrogen-bond acceptors (Lipinski definition) is 3. The molecule has 0 saturated carbocycles. The van der Waals surface area contributed by atoms with Crippen molar-refractivity contribution in [2.45, 2.75) is 44.8 Å². The number of nitrogens with zero attached hydrogens (tertiary/aromatic N) is 2. The maximum atomic E-state index is 10.7. The summed E-state index contributed by atoms with van der Waals surface area (Å²) in [7, 11) is 0. The molecular formula is C14H21BrN2O. The Labute approximate surface area is 117 Å². The molecule has 1 aliphatic rings. The summed E-state index contributed by atoms with van der Waals surface area (Å²) in [6.07, 6.45) is 1.49. The molecule has 1 saturated heterocycles. The van der Waals surface area contributed by atoms with E-state index in [-0.39, 0.29) is 5.54 Å². The van der Waals surface area contributed by atoms with Gasteiger partial charge in [-0.1, -0.05) is 6.07 Å². The van der Waals surface area contributed by atoms with Gasteiger partial charge in [-0.25, -0.2) is 4.98 Å². The van der Waals surface area contributed by atoms with Crippen molar-refractivity contribution >= 4 is 15.9 Å². The van der Waals surface area contributed by atoms with Crippen LogP contribution in [0.25, 0.3) is 0 Å². The van der Waals surface area contributed by atoms with E-state index in [0.29, 0.717) is 0 Å². The lowest BCUT2D eigenvalue weighted by Crippen LogP contribution is -2.50. The van der Waals surface area contributed by atoms with E-state index in [1.165, 1.54) is 0 Å². The minimum absolute atomic E-state index is 0.173. The summed E-state index contributed by atoms with van der Waals surface area (Å²) in [5.74, 6) is 0. The minimum atomic E-state index is -0.772. The van der Waals surface area contributed by atoms with Crippen molar-refractivity contribution < 1.29 is 5.11 Å². The highest BCUT2D eigenvalue weighted by atomic mass is 79.9. The second kappa shape index (κ2) is 4.91. The molecule has 2 rings (SSSR count). The van der Waals surface area contributed by atoms with Gasteiger partial charge >= 0.3 is 0 Å². The van der Waals surface area contributed by atoms with E-state index in [4.69, 9.17) is 0 Å². The van der Waals surface area contributed by atoms with Crippen molar-refractivity contribution in [3.05, 3.63) is 28.5 Å². The number of hydrogen-bond donors (Lipinski definition) is 1. The topological polar surface area (TPSA) is 36.4 Å². The maximum absolute atomic E-state index is 10.7. The van der Waals surface area contributed by atoms with Crippen LogP contribution in [0, 0.1) is 0 Å². The van der Waals surface area contributed by atoms with Gasteiger partial charge in [0.05, 0.1) is 5.69 Å². The zero-order chi connectivity index (χ0) is 13.4. The third kappa shape index (κ3) is 2.92. The molecule has 1 aromatic rings. The first-order valence-electron chi connectivity index (χ1n) is 6.42. The van der Waals surface area contributed by atoms with E-state index in [2.05, 4.69) is 46.6 Å². The second-order valence-corrected chi connectivity index (χ2v) is 6.85. The molecule has 1 aromatic heterocycles.